The Morgan fingerprint density at radius 1 is 1.53 bits per heavy atom. The highest BCUT2D eigenvalue weighted by Gasteiger charge is 2.25. The molecule has 0 aromatic heterocycles. The summed E-state index contributed by atoms with van der Waals surface area (Å²) in [6.45, 7) is 5.30. The Bertz CT molecular complexity index is 283. The molecule has 98 valence electrons. The number of hydrogen-bond donors (Lipinski definition) is 2. The van der Waals surface area contributed by atoms with E-state index >= 15 is 0 Å². The largest absolute Gasteiger partial charge is 0.352 e. The summed E-state index contributed by atoms with van der Waals surface area (Å²) >= 11 is 0. The van der Waals surface area contributed by atoms with Gasteiger partial charge in [-0.1, -0.05) is 13.3 Å². The number of nitrogens with zero attached hydrogens (tertiary/aromatic N) is 2. The molecular weight excluding hydrogens is 220 g/mol. The van der Waals surface area contributed by atoms with Crippen LogP contribution >= 0.6 is 0 Å². The normalized spacial score (nSPS) is 18.2. The lowest BCUT2D eigenvalue weighted by molar-refractivity contribution is -0.122. The Kier molecular flexibility index (Phi) is 5.21. The van der Waals surface area contributed by atoms with E-state index in [-0.39, 0.29) is 24.5 Å². The first-order valence-corrected chi connectivity index (χ1v) is 6.15. The van der Waals surface area contributed by atoms with Gasteiger partial charge in [-0.05, 0) is 19.8 Å². The summed E-state index contributed by atoms with van der Waals surface area (Å²) in [4.78, 5) is 24.8. The van der Waals surface area contributed by atoms with Gasteiger partial charge >= 0.3 is 6.03 Å². The van der Waals surface area contributed by atoms with E-state index in [1.54, 1.807) is 0 Å². The van der Waals surface area contributed by atoms with E-state index in [1.165, 1.54) is 4.90 Å². The van der Waals surface area contributed by atoms with Gasteiger partial charge < -0.3 is 10.2 Å². The van der Waals surface area contributed by atoms with Crippen molar-refractivity contribution in [2.45, 2.75) is 39.2 Å². The lowest BCUT2D eigenvalue weighted by Crippen LogP contribution is -2.55. The molecule has 0 aliphatic carbocycles. The second-order valence-electron chi connectivity index (χ2n) is 4.51. The predicted molar refractivity (Wildman–Crippen MR) is 65.0 cm³/mol. The predicted octanol–water partition coefficient (Wildman–Crippen LogP) is 0.293. The van der Waals surface area contributed by atoms with Crippen molar-refractivity contribution >= 4 is 11.9 Å². The first-order chi connectivity index (χ1) is 8.04. The van der Waals surface area contributed by atoms with Crippen LogP contribution in [0.4, 0.5) is 4.79 Å². The second-order valence-corrected chi connectivity index (χ2v) is 4.51. The standard InChI is InChI=1S/C11H22N4O2/c1-3-5-9(2)13-10(16)8-14-6-4-7-15(12)11(14)17/h9H,3-8,12H2,1-2H3,(H,13,16). The Morgan fingerprint density at radius 3 is 2.88 bits per heavy atom. The zero-order valence-electron chi connectivity index (χ0n) is 10.6. The summed E-state index contributed by atoms with van der Waals surface area (Å²) in [5.74, 6) is 5.39. The average molecular weight is 242 g/mol. The van der Waals surface area contributed by atoms with Crippen molar-refractivity contribution in [3.05, 3.63) is 0 Å². The molecule has 0 bridgehead atoms. The van der Waals surface area contributed by atoms with Crippen LogP contribution in [0.25, 0.3) is 0 Å². The van der Waals surface area contributed by atoms with E-state index in [4.69, 9.17) is 5.84 Å². The molecule has 1 unspecified atom stereocenters. The molecule has 1 aliphatic rings. The molecule has 0 spiro atoms. The Balaban J connectivity index is 2.37. The SMILES string of the molecule is CCCC(C)NC(=O)CN1CCCN(N)C1=O. The minimum atomic E-state index is -0.269. The number of hydrazine groups is 1. The van der Waals surface area contributed by atoms with E-state index in [9.17, 15) is 9.59 Å². The zero-order valence-corrected chi connectivity index (χ0v) is 10.6. The molecule has 1 atom stereocenters. The van der Waals surface area contributed by atoms with Crippen LogP contribution in [0.5, 0.6) is 0 Å². The van der Waals surface area contributed by atoms with E-state index in [2.05, 4.69) is 12.2 Å². The van der Waals surface area contributed by atoms with Crippen LogP contribution in [0.3, 0.4) is 0 Å². The van der Waals surface area contributed by atoms with Crippen molar-refractivity contribution in [3.63, 3.8) is 0 Å². The third-order valence-corrected chi connectivity index (χ3v) is 2.81. The van der Waals surface area contributed by atoms with E-state index in [0.29, 0.717) is 13.1 Å². The van der Waals surface area contributed by atoms with Gasteiger partial charge in [-0.25, -0.2) is 10.6 Å². The molecule has 0 aromatic rings. The van der Waals surface area contributed by atoms with Crippen LogP contribution in [-0.4, -0.2) is 47.5 Å². The summed E-state index contributed by atoms with van der Waals surface area (Å²) in [5, 5.41) is 4.03. The molecule has 3 amide bonds. The smallest absolute Gasteiger partial charge is 0.334 e. The second kappa shape index (κ2) is 6.44. The van der Waals surface area contributed by atoms with Crippen LogP contribution in [0.2, 0.25) is 0 Å². The van der Waals surface area contributed by atoms with Gasteiger partial charge in [0.05, 0.1) is 0 Å². The summed E-state index contributed by atoms with van der Waals surface area (Å²) in [7, 11) is 0. The average Bonchev–Trinajstić information content (AvgIpc) is 2.25. The Morgan fingerprint density at radius 2 is 2.24 bits per heavy atom. The number of amides is 3. The van der Waals surface area contributed by atoms with Gasteiger partial charge in [0.2, 0.25) is 5.91 Å². The quantitative estimate of drug-likeness (QED) is 0.537. The Hall–Kier alpha value is -1.30. The minimum absolute atomic E-state index is 0.0978. The van der Waals surface area contributed by atoms with Crippen LogP contribution < -0.4 is 11.2 Å². The summed E-state index contributed by atoms with van der Waals surface area (Å²) < 4.78 is 0. The van der Waals surface area contributed by atoms with Gasteiger partial charge in [0, 0.05) is 19.1 Å². The number of nitrogens with one attached hydrogen (secondary N) is 1. The van der Waals surface area contributed by atoms with Gasteiger partial charge in [0.25, 0.3) is 0 Å². The molecule has 0 radical (unpaired) electrons. The third kappa shape index (κ3) is 4.22. The highest BCUT2D eigenvalue weighted by molar-refractivity contribution is 5.84. The maximum atomic E-state index is 11.7. The fourth-order valence-corrected chi connectivity index (χ4v) is 1.95. The topological polar surface area (TPSA) is 78.7 Å². The minimum Gasteiger partial charge on any atom is -0.352 e. The third-order valence-electron chi connectivity index (χ3n) is 2.81. The molecule has 1 heterocycles. The van der Waals surface area contributed by atoms with Crippen LogP contribution in [-0.2, 0) is 4.79 Å². The molecule has 0 aromatic carbocycles. The number of rotatable bonds is 5. The summed E-state index contributed by atoms with van der Waals surface area (Å²) in [5.41, 5.74) is 0. The van der Waals surface area contributed by atoms with Crippen molar-refractivity contribution in [2.75, 3.05) is 19.6 Å². The maximum absolute atomic E-state index is 11.7. The molecule has 17 heavy (non-hydrogen) atoms. The number of carbonyl (C=O) groups excluding carboxylic acids is 2. The molecule has 1 rings (SSSR count). The van der Waals surface area contributed by atoms with E-state index in [0.717, 1.165) is 24.3 Å². The molecule has 6 nitrogen and oxygen atoms in total. The van der Waals surface area contributed by atoms with Crippen molar-refractivity contribution in [2.24, 2.45) is 5.84 Å². The highest BCUT2D eigenvalue weighted by Crippen LogP contribution is 2.05. The van der Waals surface area contributed by atoms with Crippen LogP contribution in [0, 0.1) is 0 Å². The van der Waals surface area contributed by atoms with Crippen molar-refractivity contribution in [1.29, 1.82) is 0 Å². The summed E-state index contributed by atoms with van der Waals surface area (Å²) in [6, 6.07) is -0.115. The van der Waals surface area contributed by atoms with Crippen LogP contribution in [0.15, 0.2) is 0 Å². The molecule has 1 aliphatic heterocycles. The van der Waals surface area contributed by atoms with Crippen molar-refractivity contribution in [1.82, 2.24) is 15.2 Å². The molecular formula is C11H22N4O2. The maximum Gasteiger partial charge on any atom is 0.334 e. The van der Waals surface area contributed by atoms with Gasteiger partial charge in [0.1, 0.15) is 6.54 Å². The monoisotopic (exact) mass is 242 g/mol. The number of urea groups is 1. The number of carbonyl (C=O) groups is 2. The fourth-order valence-electron chi connectivity index (χ4n) is 1.95. The van der Waals surface area contributed by atoms with Gasteiger partial charge in [-0.15, -0.1) is 0 Å². The molecule has 0 saturated carbocycles. The number of hydrogen-bond acceptors (Lipinski definition) is 3. The van der Waals surface area contributed by atoms with Gasteiger partial charge in [-0.3, -0.25) is 9.80 Å². The van der Waals surface area contributed by atoms with Crippen LogP contribution in [0.1, 0.15) is 33.1 Å². The fraction of sp³-hybridized carbons (Fsp3) is 0.818. The first kappa shape index (κ1) is 13.8. The molecule has 6 heteroatoms. The Labute approximate surface area is 102 Å². The molecule has 1 saturated heterocycles. The van der Waals surface area contributed by atoms with E-state index < -0.39 is 0 Å². The summed E-state index contributed by atoms with van der Waals surface area (Å²) in [6.07, 6.45) is 2.78. The van der Waals surface area contributed by atoms with Gasteiger partial charge in [-0.2, -0.15) is 0 Å². The van der Waals surface area contributed by atoms with Crippen molar-refractivity contribution in [3.8, 4) is 0 Å². The lowest BCUT2D eigenvalue weighted by Gasteiger charge is -2.32. The zero-order chi connectivity index (χ0) is 12.8. The highest BCUT2D eigenvalue weighted by atomic mass is 16.2. The molecule has 1 fully saturated rings. The van der Waals surface area contributed by atoms with Gasteiger partial charge in [0.15, 0.2) is 0 Å². The first-order valence-electron chi connectivity index (χ1n) is 6.15. The van der Waals surface area contributed by atoms with Crippen molar-refractivity contribution < 1.29 is 9.59 Å². The molecule has 3 N–H and O–H groups in total. The van der Waals surface area contributed by atoms with E-state index in [1.807, 2.05) is 6.92 Å². The lowest BCUT2D eigenvalue weighted by atomic mass is 10.2. The number of nitrogens with two attached hydrogens (primary N) is 1.